The quantitative estimate of drug-likeness (QED) is 0.596. The summed E-state index contributed by atoms with van der Waals surface area (Å²) in [5.41, 5.74) is -1.76. The van der Waals surface area contributed by atoms with E-state index >= 15 is 0 Å². The number of ether oxygens (including phenoxy) is 1. The van der Waals surface area contributed by atoms with Crippen LogP contribution >= 0.6 is 23.2 Å². The molecular formula is C20H16Cl2F3NO5S. The van der Waals surface area contributed by atoms with Crippen molar-refractivity contribution in [1.82, 2.24) is 5.48 Å². The minimum atomic E-state index is -5.23. The maximum absolute atomic E-state index is 14.5. The Hall–Kier alpha value is -2.27. The van der Waals surface area contributed by atoms with Gasteiger partial charge in [0, 0.05) is 27.4 Å². The summed E-state index contributed by atoms with van der Waals surface area (Å²) >= 11 is 11.8. The first kappa shape index (κ1) is 24.4. The zero-order chi connectivity index (χ0) is 24.1. The zero-order valence-corrected chi connectivity index (χ0v) is 19.1. The molecule has 2 aromatic carbocycles. The van der Waals surface area contributed by atoms with Crippen molar-refractivity contribution in [3.63, 3.8) is 0 Å². The molecule has 0 saturated carbocycles. The first-order valence-corrected chi connectivity index (χ1v) is 11.5. The fourth-order valence-electron chi connectivity index (χ4n) is 3.49. The predicted molar refractivity (Wildman–Crippen MR) is 113 cm³/mol. The van der Waals surface area contributed by atoms with E-state index in [0.29, 0.717) is 11.8 Å². The average molecular weight is 510 g/mol. The normalized spacial score (nSPS) is 19.1. The monoisotopic (exact) mass is 509 g/mol. The van der Waals surface area contributed by atoms with E-state index in [0.717, 1.165) is 12.1 Å². The number of carbonyl (C=O) groups excluding carboxylic acids is 1. The smallest absolute Gasteiger partial charge is 0.429 e. The summed E-state index contributed by atoms with van der Waals surface area (Å²) in [7, 11) is -3.33. The summed E-state index contributed by atoms with van der Waals surface area (Å²) in [5.74, 6) is -0.653. The molecule has 1 heterocycles. The van der Waals surface area contributed by atoms with Crippen LogP contribution in [0.5, 0.6) is 0 Å². The van der Waals surface area contributed by atoms with E-state index in [1.54, 1.807) is 0 Å². The maximum Gasteiger partial charge on any atom is 0.429 e. The number of benzene rings is 2. The van der Waals surface area contributed by atoms with Crippen LogP contribution in [-0.2, 0) is 25.0 Å². The summed E-state index contributed by atoms with van der Waals surface area (Å²) in [6, 6.07) is 7.02. The summed E-state index contributed by atoms with van der Waals surface area (Å²) in [4.78, 5) is 15.8. The minimum Gasteiger partial charge on any atom is -0.465 e. The Kier molecular flexibility index (Phi) is 6.29. The van der Waals surface area contributed by atoms with Crippen molar-refractivity contribution in [3.8, 4) is 0 Å². The van der Waals surface area contributed by atoms with Crippen LogP contribution in [0.25, 0.3) is 5.70 Å². The van der Waals surface area contributed by atoms with Crippen LogP contribution in [0.2, 0.25) is 10.0 Å². The van der Waals surface area contributed by atoms with Gasteiger partial charge in [0.1, 0.15) is 4.91 Å². The SMILES string of the molecule is COC(=O)c1ccc(C2=C(S(C)(=O)=O)C(c3cc(Cl)cc(Cl)c3)(C(F)(F)F)ON2)cc1C. The first-order chi connectivity index (χ1) is 14.7. The van der Waals surface area contributed by atoms with Crippen molar-refractivity contribution in [2.24, 2.45) is 0 Å². The van der Waals surface area contributed by atoms with Crippen molar-refractivity contribution >= 4 is 44.7 Å². The molecule has 0 amide bonds. The highest BCUT2D eigenvalue weighted by molar-refractivity contribution is 7.94. The molecule has 3 rings (SSSR count). The van der Waals surface area contributed by atoms with Gasteiger partial charge in [0.05, 0.1) is 18.4 Å². The number of nitrogens with one attached hydrogen (secondary N) is 1. The number of hydroxylamine groups is 1. The molecular weight excluding hydrogens is 494 g/mol. The Bertz CT molecular complexity index is 1220. The number of esters is 1. The van der Waals surface area contributed by atoms with E-state index < -0.39 is 43.7 Å². The Morgan fingerprint density at radius 3 is 2.19 bits per heavy atom. The van der Waals surface area contributed by atoms with Gasteiger partial charge in [-0.05, 0) is 42.8 Å². The predicted octanol–water partition coefficient (Wildman–Crippen LogP) is 4.79. The molecule has 32 heavy (non-hydrogen) atoms. The molecule has 1 N–H and O–H groups in total. The lowest BCUT2D eigenvalue weighted by Crippen LogP contribution is -2.46. The maximum atomic E-state index is 14.5. The van der Waals surface area contributed by atoms with Gasteiger partial charge in [0.15, 0.2) is 9.84 Å². The number of sulfone groups is 1. The lowest BCUT2D eigenvalue weighted by molar-refractivity contribution is -0.271. The van der Waals surface area contributed by atoms with Crippen molar-refractivity contribution in [2.75, 3.05) is 13.4 Å². The molecule has 172 valence electrons. The van der Waals surface area contributed by atoms with Crippen LogP contribution < -0.4 is 5.48 Å². The highest BCUT2D eigenvalue weighted by Crippen LogP contribution is 2.54. The van der Waals surface area contributed by atoms with E-state index in [9.17, 15) is 26.4 Å². The van der Waals surface area contributed by atoms with Crippen LogP contribution in [0.3, 0.4) is 0 Å². The molecule has 0 bridgehead atoms. The highest BCUT2D eigenvalue weighted by Gasteiger charge is 2.67. The van der Waals surface area contributed by atoms with Gasteiger partial charge >= 0.3 is 12.1 Å². The van der Waals surface area contributed by atoms with Gasteiger partial charge in [0.2, 0.25) is 0 Å². The lowest BCUT2D eigenvalue weighted by atomic mass is 9.90. The summed E-state index contributed by atoms with van der Waals surface area (Å²) in [6.07, 6.45) is -4.59. The fraction of sp³-hybridized carbons (Fsp3) is 0.250. The molecule has 12 heteroatoms. The van der Waals surface area contributed by atoms with E-state index in [1.807, 2.05) is 0 Å². The molecule has 1 atom stereocenters. The third kappa shape index (κ3) is 4.07. The number of carbonyl (C=O) groups is 1. The molecule has 0 saturated heterocycles. The lowest BCUT2D eigenvalue weighted by Gasteiger charge is -2.32. The van der Waals surface area contributed by atoms with Crippen LogP contribution in [0.1, 0.15) is 27.0 Å². The number of alkyl halides is 3. The van der Waals surface area contributed by atoms with Crippen LogP contribution in [-0.4, -0.2) is 33.9 Å². The number of hydrogen-bond donors (Lipinski definition) is 1. The van der Waals surface area contributed by atoms with Crippen molar-refractivity contribution in [1.29, 1.82) is 0 Å². The van der Waals surface area contributed by atoms with E-state index in [2.05, 4.69) is 10.2 Å². The van der Waals surface area contributed by atoms with Gasteiger partial charge in [-0.1, -0.05) is 29.3 Å². The van der Waals surface area contributed by atoms with E-state index in [-0.39, 0.29) is 21.2 Å². The van der Waals surface area contributed by atoms with Crippen molar-refractivity contribution in [2.45, 2.75) is 18.7 Å². The van der Waals surface area contributed by atoms with Crippen molar-refractivity contribution < 1.29 is 36.0 Å². The Balaban J connectivity index is 2.37. The molecule has 1 aliphatic heterocycles. The third-order valence-electron chi connectivity index (χ3n) is 4.81. The number of methoxy groups -OCH3 is 1. The number of aryl methyl sites for hydroxylation is 1. The minimum absolute atomic E-state index is 0.0508. The summed E-state index contributed by atoms with van der Waals surface area (Å²) < 4.78 is 73.6. The van der Waals surface area contributed by atoms with Crippen molar-refractivity contribution in [3.05, 3.63) is 73.6 Å². The molecule has 0 fully saturated rings. The Labute approximate surface area is 191 Å². The van der Waals surface area contributed by atoms with Crippen LogP contribution in [0.15, 0.2) is 41.3 Å². The molecule has 1 unspecified atom stereocenters. The number of halogens is 5. The van der Waals surface area contributed by atoms with Gasteiger partial charge in [-0.3, -0.25) is 5.48 Å². The number of rotatable bonds is 4. The molecule has 6 nitrogen and oxygen atoms in total. The van der Waals surface area contributed by atoms with E-state index in [1.165, 1.54) is 38.3 Å². The second kappa shape index (κ2) is 8.26. The van der Waals surface area contributed by atoms with Crippen LogP contribution in [0, 0.1) is 6.92 Å². The third-order valence-corrected chi connectivity index (χ3v) is 6.48. The summed E-state index contributed by atoms with van der Waals surface area (Å²) in [6.45, 7) is 1.53. The topological polar surface area (TPSA) is 81.7 Å². The molecule has 0 aliphatic carbocycles. The molecule has 0 spiro atoms. The van der Waals surface area contributed by atoms with Crippen LogP contribution in [0.4, 0.5) is 13.2 Å². The largest absolute Gasteiger partial charge is 0.465 e. The van der Waals surface area contributed by atoms with Gasteiger partial charge in [-0.25, -0.2) is 18.0 Å². The van der Waals surface area contributed by atoms with Gasteiger partial charge in [0.25, 0.3) is 5.60 Å². The second-order valence-electron chi connectivity index (χ2n) is 7.04. The average Bonchev–Trinajstić information content (AvgIpc) is 3.09. The molecule has 0 aromatic heterocycles. The highest BCUT2D eigenvalue weighted by atomic mass is 35.5. The summed E-state index contributed by atoms with van der Waals surface area (Å²) in [5, 5.41) is -0.279. The van der Waals surface area contributed by atoms with Gasteiger partial charge < -0.3 is 4.74 Å². The second-order valence-corrected chi connectivity index (χ2v) is 9.86. The number of hydrogen-bond acceptors (Lipinski definition) is 6. The molecule has 0 radical (unpaired) electrons. The van der Waals surface area contributed by atoms with E-state index in [4.69, 9.17) is 28.0 Å². The molecule has 1 aliphatic rings. The Morgan fingerprint density at radius 2 is 1.72 bits per heavy atom. The standard InChI is InChI=1S/C20H16Cl2F3NO5S/c1-10-6-11(4-5-15(10)18(27)30-2)16-17(32(3,28)29)19(31-26-16,20(23,24)25)12-7-13(21)9-14(22)8-12/h4-9,26H,1-3H3. The Morgan fingerprint density at radius 1 is 1.12 bits per heavy atom. The zero-order valence-electron chi connectivity index (χ0n) is 16.8. The molecule has 2 aromatic rings. The first-order valence-electron chi connectivity index (χ1n) is 8.84. The fourth-order valence-corrected chi connectivity index (χ4v) is 5.34. The van der Waals surface area contributed by atoms with Gasteiger partial charge in [-0.15, -0.1) is 0 Å². The van der Waals surface area contributed by atoms with Gasteiger partial charge in [-0.2, -0.15) is 13.2 Å².